The molecule has 0 aliphatic rings. The van der Waals surface area contributed by atoms with Crippen molar-refractivity contribution in [3.8, 4) is 11.4 Å². The van der Waals surface area contributed by atoms with Gasteiger partial charge in [-0.05, 0) is 32.0 Å². The average Bonchev–Trinajstić information content (AvgIpc) is 2.92. The van der Waals surface area contributed by atoms with Crippen molar-refractivity contribution in [1.29, 1.82) is 0 Å². The molecule has 23 heavy (non-hydrogen) atoms. The lowest BCUT2D eigenvalue weighted by Crippen LogP contribution is -2.34. The number of carbonyl (C=O) groups is 1. The molecule has 6 heteroatoms. The molecule has 124 valence electrons. The fourth-order valence-corrected chi connectivity index (χ4v) is 2.68. The van der Waals surface area contributed by atoms with Gasteiger partial charge in [0.25, 0.3) is 0 Å². The van der Waals surface area contributed by atoms with Crippen LogP contribution in [0.3, 0.4) is 0 Å². The number of aryl methyl sites for hydroxylation is 1. The van der Waals surface area contributed by atoms with Gasteiger partial charge in [-0.15, -0.1) is 0 Å². The van der Waals surface area contributed by atoms with Crippen LogP contribution in [0.1, 0.15) is 38.7 Å². The van der Waals surface area contributed by atoms with Gasteiger partial charge in [0.1, 0.15) is 0 Å². The summed E-state index contributed by atoms with van der Waals surface area (Å²) in [5.41, 5.74) is 2.18. The maximum atomic E-state index is 12.1. The van der Waals surface area contributed by atoms with Crippen molar-refractivity contribution in [2.75, 3.05) is 0 Å². The first-order valence-corrected chi connectivity index (χ1v) is 8.47. The number of hydrogen-bond donors (Lipinski definition) is 2. The van der Waals surface area contributed by atoms with Gasteiger partial charge in [-0.1, -0.05) is 43.7 Å². The Kier molecular flexibility index (Phi) is 6.10. The zero-order valence-electron chi connectivity index (χ0n) is 13.9. The molecule has 0 atom stereocenters. The highest BCUT2D eigenvalue weighted by molar-refractivity contribution is 7.71. The molecule has 0 saturated heterocycles. The zero-order valence-corrected chi connectivity index (χ0v) is 14.7. The van der Waals surface area contributed by atoms with Crippen LogP contribution in [0.25, 0.3) is 11.4 Å². The van der Waals surface area contributed by atoms with E-state index in [9.17, 15) is 4.79 Å². The van der Waals surface area contributed by atoms with Crippen LogP contribution in [0.15, 0.2) is 24.3 Å². The molecule has 0 spiro atoms. The van der Waals surface area contributed by atoms with Gasteiger partial charge in [0.2, 0.25) is 5.91 Å². The maximum Gasteiger partial charge on any atom is 0.222 e. The summed E-state index contributed by atoms with van der Waals surface area (Å²) in [6.45, 7) is 6.72. The third kappa shape index (κ3) is 4.51. The smallest absolute Gasteiger partial charge is 0.222 e. The molecule has 1 aromatic heterocycles. The highest BCUT2D eigenvalue weighted by atomic mass is 32.1. The van der Waals surface area contributed by atoms with Crippen molar-refractivity contribution >= 4 is 18.1 Å². The van der Waals surface area contributed by atoms with Crippen LogP contribution in [0.4, 0.5) is 0 Å². The lowest BCUT2D eigenvalue weighted by molar-refractivity contribution is -0.122. The Labute approximate surface area is 142 Å². The van der Waals surface area contributed by atoms with E-state index in [-0.39, 0.29) is 11.9 Å². The van der Waals surface area contributed by atoms with Crippen molar-refractivity contribution in [2.24, 2.45) is 0 Å². The molecule has 2 N–H and O–H groups in total. The van der Waals surface area contributed by atoms with Gasteiger partial charge < -0.3 is 5.32 Å². The van der Waals surface area contributed by atoms with Crippen LogP contribution in [0.2, 0.25) is 0 Å². The first kappa shape index (κ1) is 17.4. The Morgan fingerprint density at radius 2 is 1.96 bits per heavy atom. The van der Waals surface area contributed by atoms with E-state index >= 15 is 0 Å². The quantitative estimate of drug-likeness (QED) is 0.761. The molecule has 1 aromatic carbocycles. The van der Waals surface area contributed by atoms with E-state index in [2.05, 4.69) is 29.4 Å². The summed E-state index contributed by atoms with van der Waals surface area (Å²) in [6.07, 6.45) is 2.28. The molecular formula is C17H24N4OS. The van der Waals surface area contributed by atoms with Gasteiger partial charge in [-0.2, -0.15) is 5.10 Å². The van der Waals surface area contributed by atoms with E-state index < -0.39 is 0 Å². The molecule has 0 saturated carbocycles. The number of benzene rings is 1. The third-order valence-electron chi connectivity index (χ3n) is 3.98. The number of nitrogens with one attached hydrogen (secondary N) is 2. The van der Waals surface area contributed by atoms with Gasteiger partial charge in [-0.3, -0.25) is 14.5 Å². The molecule has 0 aliphatic carbocycles. The molecule has 0 bridgehead atoms. The first-order chi connectivity index (χ1) is 11.0. The zero-order chi connectivity index (χ0) is 16.8. The highest BCUT2D eigenvalue weighted by Crippen LogP contribution is 2.18. The molecule has 0 radical (unpaired) electrons. The van der Waals surface area contributed by atoms with Gasteiger partial charge >= 0.3 is 0 Å². The standard InChI is InChI=1S/C17H24N4OS/c1-4-14(5-2)18-15(22)10-11-21-16(19-20-17(21)23)13-8-6-12(3)7-9-13/h6-9,14H,4-5,10-11H2,1-3H3,(H,18,22)(H,20,23). The molecule has 1 amide bonds. The van der Waals surface area contributed by atoms with Crippen molar-refractivity contribution in [3.05, 3.63) is 34.6 Å². The second-order valence-corrected chi connectivity index (χ2v) is 6.09. The van der Waals surface area contributed by atoms with Crippen molar-refractivity contribution in [1.82, 2.24) is 20.1 Å². The van der Waals surface area contributed by atoms with E-state index in [1.165, 1.54) is 5.56 Å². The Morgan fingerprint density at radius 3 is 2.57 bits per heavy atom. The summed E-state index contributed by atoms with van der Waals surface area (Å²) in [6, 6.07) is 8.35. The van der Waals surface area contributed by atoms with E-state index in [1.54, 1.807) is 0 Å². The number of hydrogen-bond acceptors (Lipinski definition) is 3. The molecule has 2 aromatic rings. The summed E-state index contributed by atoms with van der Waals surface area (Å²) in [5.74, 6) is 0.821. The summed E-state index contributed by atoms with van der Waals surface area (Å²) in [5, 5.41) is 10.2. The van der Waals surface area contributed by atoms with Gasteiger partial charge in [0.15, 0.2) is 10.6 Å². The van der Waals surface area contributed by atoms with E-state index in [4.69, 9.17) is 12.2 Å². The number of carbonyl (C=O) groups excluding carboxylic acids is 1. The normalized spacial score (nSPS) is 11.0. The maximum absolute atomic E-state index is 12.1. The SMILES string of the molecule is CCC(CC)NC(=O)CCn1c(-c2ccc(C)cc2)n[nH]c1=S. The molecular weight excluding hydrogens is 308 g/mol. The topological polar surface area (TPSA) is 62.7 Å². The number of rotatable bonds is 7. The number of aromatic nitrogens is 3. The number of H-pyrrole nitrogens is 1. The van der Waals surface area contributed by atoms with Crippen LogP contribution in [-0.4, -0.2) is 26.7 Å². The predicted octanol–water partition coefficient (Wildman–Crippen LogP) is 3.61. The first-order valence-electron chi connectivity index (χ1n) is 8.06. The molecule has 0 unspecified atom stereocenters. The lowest BCUT2D eigenvalue weighted by Gasteiger charge is -2.15. The fraction of sp³-hybridized carbons (Fsp3) is 0.471. The van der Waals surface area contributed by atoms with E-state index in [0.717, 1.165) is 24.2 Å². The summed E-state index contributed by atoms with van der Waals surface area (Å²) >= 11 is 5.30. The Balaban J connectivity index is 2.09. The molecule has 0 fully saturated rings. The minimum atomic E-state index is 0.0525. The van der Waals surface area contributed by atoms with Crippen LogP contribution >= 0.6 is 12.2 Å². The predicted molar refractivity (Wildman–Crippen MR) is 94.7 cm³/mol. The van der Waals surface area contributed by atoms with Gasteiger partial charge in [-0.25, -0.2) is 0 Å². The minimum absolute atomic E-state index is 0.0525. The van der Waals surface area contributed by atoms with Crippen LogP contribution in [0.5, 0.6) is 0 Å². The van der Waals surface area contributed by atoms with Crippen LogP contribution < -0.4 is 5.32 Å². The summed E-state index contributed by atoms with van der Waals surface area (Å²) < 4.78 is 2.42. The Morgan fingerprint density at radius 1 is 1.30 bits per heavy atom. The second kappa shape index (κ2) is 8.06. The van der Waals surface area contributed by atoms with Crippen LogP contribution in [0, 0.1) is 11.7 Å². The largest absolute Gasteiger partial charge is 0.353 e. The number of amides is 1. The van der Waals surface area contributed by atoms with Crippen molar-refractivity contribution in [2.45, 2.75) is 52.6 Å². The highest BCUT2D eigenvalue weighted by Gasteiger charge is 2.12. The monoisotopic (exact) mass is 332 g/mol. The minimum Gasteiger partial charge on any atom is -0.353 e. The lowest BCUT2D eigenvalue weighted by atomic mass is 10.1. The van der Waals surface area contributed by atoms with Gasteiger partial charge in [0.05, 0.1) is 0 Å². The average molecular weight is 332 g/mol. The van der Waals surface area contributed by atoms with Gasteiger partial charge in [0, 0.05) is 24.6 Å². The van der Waals surface area contributed by atoms with Crippen molar-refractivity contribution in [3.63, 3.8) is 0 Å². The summed E-state index contributed by atoms with van der Waals surface area (Å²) in [4.78, 5) is 12.1. The summed E-state index contributed by atoms with van der Waals surface area (Å²) in [7, 11) is 0. The molecule has 1 heterocycles. The molecule has 5 nitrogen and oxygen atoms in total. The Bertz CT molecular complexity index is 698. The molecule has 0 aliphatic heterocycles. The van der Waals surface area contributed by atoms with Crippen molar-refractivity contribution < 1.29 is 4.79 Å². The molecule has 2 rings (SSSR count). The fourth-order valence-electron chi connectivity index (χ4n) is 2.45. The number of nitrogens with zero attached hydrogens (tertiary/aromatic N) is 2. The Hall–Kier alpha value is -1.95. The number of aromatic amines is 1. The second-order valence-electron chi connectivity index (χ2n) is 5.70. The van der Waals surface area contributed by atoms with E-state index in [1.807, 2.05) is 35.8 Å². The van der Waals surface area contributed by atoms with Crippen LogP contribution in [-0.2, 0) is 11.3 Å². The third-order valence-corrected chi connectivity index (χ3v) is 4.29. The van der Waals surface area contributed by atoms with E-state index in [0.29, 0.717) is 17.7 Å².